The molecule has 3 aromatic heterocycles. The van der Waals surface area contributed by atoms with Crippen molar-refractivity contribution in [1.82, 2.24) is 25.1 Å². The lowest BCUT2D eigenvalue weighted by molar-refractivity contribution is -0.134. The molecular formula is C16H10F4N6S. The Balaban J connectivity index is 1.75. The zero-order valence-corrected chi connectivity index (χ0v) is 14.2. The number of rotatable bonds is 4. The van der Waals surface area contributed by atoms with E-state index in [4.69, 9.17) is 0 Å². The maximum Gasteiger partial charge on any atom is 0.425 e. The zero-order valence-electron chi connectivity index (χ0n) is 13.4. The molecule has 0 unspecified atom stereocenters. The molecule has 0 radical (unpaired) electrons. The minimum absolute atomic E-state index is 0.122. The molecule has 0 aliphatic heterocycles. The molecule has 0 amide bonds. The van der Waals surface area contributed by atoms with Crippen molar-refractivity contribution in [2.75, 3.05) is 5.32 Å². The van der Waals surface area contributed by atoms with E-state index in [9.17, 15) is 17.6 Å². The fourth-order valence-electron chi connectivity index (χ4n) is 2.40. The lowest BCUT2D eigenvalue weighted by atomic mass is 10.2. The molecular weight excluding hydrogens is 384 g/mol. The largest absolute Gasteiger partial charge is 0.425 e. The molecule has 0 aliphatic carbocycles. The molecule has 0 saturated carbocycles. The van der Waals surface area contributed by atoms with E-state index in [0.717, 1.165) is 11.6 Å². The fraction of sp³-hybridized carbons (Fsp3) is 0.125. The van der Waals surface area contributed by atoms with Crippen molar-refractivity contribution < 1.29 is 17.6 Å². The summed E-state index contributed by atoms with van der Waals surface area (Å²) in [6.07, 6.45) is -3.23. The maximum absolute atomic E-state index is 13.1. The third-order valence-electron chi connectivity index (χ3n) is 3.67. The van der Waals surface area contributed by atoms with Crippen LogP contribution < -0.4 is 5.32 Å². The molecule has 0 fully saturated rings. The summed E-state index contributed by atoms with van der Waals surface area (Å²) in [5, 5.41) is 9.54. The standard InChI is InChI=1S/C16H10F4N6S/c17-9-3-1-8(2-4-9)6-21-12-10-5-11(16(18,19)20)27-15(10)25-14(24-12)13-22-7-23-26-13/h1-5,7H,6H2,(H,21,24,25)(H,22,23,26). The second kappa shape index (κ2) is 6.58. The van der Waals surface area contributed by atoms with Crippen molar-refractivity contribution >= 4 is 27.4 Å². The molecule has 3 heterocycles. The number of hydrogen-bond donors (Lipinski definition) is 2. The molecule has 138 valence electrons. The minimum atomic E-state index is -4.48. The van der Waals surface area contributed by atoms with Gasteiger partial charge in [-0.15, -0.1) is 11.3 Å². The number of fused-ring (bicyclic) bond motifs is 1. The summed E-state index contributed by atoms with van der Waals surface area (Å²) in [6.45, 7) is 0.249. The Hall–Kier alpha value is -3.08. The van der Waals surface area contributed by atoms with Gasteiger partial charge in [-0.1, -0.05) is 12.1 Å². The highest BCUT2D eigenvalue weighted by Gasteiger charge is 2.33. The first-order valence-electron chi connectivity index (χ1n) is 7.63. The Labute approximate surface area is 153 Å². The Bertz CT molecular complexity index is 1070. The van der Waals surface area contributed by atoms with Crippen LogP contribution in [0.2, 0.25) is 0 Å². The van der Waals surface area contributed by atoms with Gasteiger partial charge in [-0.3, -0.25) is 5.10 Å². The normalized spacial score (nSPS) is 11.9. The van der Waals surface area contributed by atoms with E-state index in [-0.39, 0.29) is 40.0 Å². The van der Waals surface area contributed by atoms with E-state index in [1.165, 1.54) is 18.5 Å². The number of hydrogen-bond acceptors (Lipinski definition) is 6. The van der Waals surface area contributed by atoms with E-state index in [1.807, 2.05) is 0 Å². The van der Waals surface area contributed by atoms with Gasteiger partial charge >= 0.3 is 6.18 Å². The van der Waals surface area contributed by atoms with Crippen LogP contribution in [0.1, 0.15) is 10.4 Å². The zero-order chi connectivity index (χ0) is 19.0. The Morgan fingerprint density at radius 3 is 2.56 bits per heavy atom. The Morgan fingerprint density at radius 2 is 1.89 bits per heavy atom. The van der Waals surface area contributed by atoms with E-state index in [2.05, 4.69) is 30.5 Å². The van der Waals surface area contributed by atoms with Crippen LogP contribution in [0, 0.1) is 5.82 Å². The van der Waals surface area contributed by atoms with Gasteiger partial charge < -0.3 is 5.32 Å². The first-order chi connectivity index (χ1) is 12.9. The van der Waals surface area contributed by atoms with Crippen LogP contribution in [0.25, 0.3) is 21.9 Å². The van der Waals surface area contributed by atoms with E-state index >= 15 is 0 Å². The second-order valence-electron chi connectivity index (χ2n) is 5.54. The number of nitrogens with zero attached hydrogens (tertiary/aromatic N) is 4. The van der Waals surface area contributed by atoms with Gasteiger partial charge in [0.25, 0.3) is 0 Å². The highest BCUT2D eigenvalue weighted by atomic mass is 32.1. The average Bonchev–Trinajstić information content (AvgIpc) is 3.30. The number of nitrogens with one attached hydrogen (secondary N) is 2. The summed E-state index contributed by atoms with van der Waals surface area (Å²) in [5.41, 5.74) is 0.746. The molecule has 0 atom stereocenters. The van der Waals surface area contributed by atoms with E-state index in [0.29, 0.717) is 11.3 Å². The van der Waals surface area contributed by atoms with Crippen molar-refractivity contribution in [3.63, 3.8) is 0 Å². The highest BCUT2D eigenvalue weighted by molar-refractivity contribution is 7.18. The Morgan fingerprint density at radius 1 is 1.11 bits per heavy atom. The summed E-state index contributed by atoms with van der Waals surface area (Å²) < 4.78 is 52.3. The van der Waals surface area contributed by atoms with E-state index in [1.54, 1.807) is 12.1 Å². The topological polar surface area (TPSA) is 79.4 Å². The minimum Gasteiger partial charge on any atom is -0.365 e. The predicted octanol–water partition coefficient (Wildman–Crippen LogP) is 4.25. The van der Waals surface area contributed by atoms with Gasteiger partial charge in [-0.25, -0.2) is 19.3 Å². The van der Waals surface area contributed by atoms with Crippen LogP contribution in [0.3, 0.4) is 0 Å². The molecule has 0 saturated heterocycles. The number of thiophene rings is 1. The Kier molecular flexibility index (Phi) is 4.22. The van der Waals surface area contributed by atoms with Crippen LogP contribution >= 0.6 is 11.3 Å². The van der Waals surface area contributed by atoms with Crippen molar-refractivity contribution in [1.29, 1.82) is 0 Å². The molecule has 0 spiro atoms. The van der Waals surface area contributed by atoms with Gasteiger partial charge in [0.05, 0.1) is 5.39 Å². The first-order valence-corrected chi connectivity index (χ1v) is 8.44. The maximum atomic E-state index is 13.1. The molecule has 4 rings (SSSR count). The van der Waals surface area contributed by atoms with Crippen LogP contribution in [-0.4, -0.2) is 25.1 Å². The predicted molar refractivity (Wildman–Crippen MR) is 91.5 cm³/mol. The summed E-state index contributed by atoms with van der Waals surface area (Å²) in [5.74, 6) is 0.215. The summed E-state index contributed by atoms with van der Waals surface area (Å²) >= 11 is 0.526. The monoisotopic (exact) mass is 394 g/mol. The van der Waals surface area contributed by atoms with Gasteiger partial charge in [0, 0.05) is 6.54 Å². The third-order valence-corrected chi connectivity index (χ3v) is 4.75. The van der Waals surface area contributed by atoms with Gasteiger partial charge in [-0.05, 0) is 23.8 Å². The number of halogens is 4. The van der Waals surface area contributed by atoms with Crippen molar-refractivity contribution in [3.05, 3.63) is 52.9 Å². The average molecular weight is 394 g/mol. The third kappa shape index (κ3) is 3.58. The molecule has 0 aliphatic rings. The molecule has 6 nitrogen and oxygen atoms in total. The van der Waals surface area contributed by atoms with Gasteiger partial charge in [0.1, 0.15) is 27.7 Å². The van der Waals surface area contributed by atoms with Crippen molar-refractivity contribution in [2.45, 2.75) is 12.7 Å². The molecule has 4 aromatic rings. The fourth-order valence-corrected chi connectivity index (χ4v) is 3.30. The quantitative estimate of drug-likeness (QED) is 0.506. The lowest BCUT2D eigenvalue weighted by Crippen LogP contribution is -2.04. The van der Waals surface area contributed by atoms with Crippen molar-refractivity contribution in [2.24, 2.45) is 0 Å². The van der Waals surface area contributed by atoms with E-state index < -0.39 is 11.1 Å². The summed E-state index contributed by atoms with van der Waals surface area (Å²) in [4.78, 5) is 11.8. The number of benzene rings is 1. The lowest BCUT2D eigenvalue weighted by Gasteiger charge is -2.08. The number of aromatic nitrogens is 5. The SMILES string of the molecule is Fc1ccc(CNc2nc(-c3ncn[nH]3)nc3sc(C(F)(F)F)cc23)cc1. The van der Waals surface area contributed by atoms with Crippen LogP contribution in [0.4, 0.5) is 23.4 Å². The van der Waals surface area contributed by atoms with Crippen LogP contribution in [0.15, 0.2) is 36.7 Å². The number of alkyl halides is 3. The van der Waals surface area contributed by atoms with Crippen molar-refractivity contribution in [3.8, 4) is 11.6 Å². The number of H-pyrrole nitrogens is 1. The van der Waals surface area contributed by atoms with Gasteiger partial charge in [0.2, 0.25) is 5.82 Å². The molecule has 27 heavy (non-hydrogen) atoms. The summed E-state index contributed by atoms with van der Waals surface area (Å²) in [6, 6.07) is 6.77. The van der Waals surface area contributed by atoms with Crippen LogP contribution in [-0.2, 0) is 12.7 Å². The molecule has 1 aromatic carbocycles. The van der Waals surface area contributed by atoms with Gasteiger partial charge in [-0.2, -0.15) is 18.3 Å². The molecule has 0 bridgehead atoms. The highest BCUT2D eigenvalue weighted by Crippen LogP contribution is 2.39. The number of aromatic amines is 1. The van der Waals surface area contributed by atoms with Crippen LogP contribution in [0.5, 0.6) is 0 Å². The second-order valence-corrected chi connectivity index (χ2v) is 6.57. The van der Waals surface area contributed by atoms with Gasteiger partial charge in [0.15, 0.2) is 5.82 Å². The number of anilines is 1. The first kappa shape index (κ1) is 17.3. The molecule has 2 N–H and O–H groups in total. The summed E-state index contributed by atoms with van der Waals surface area (Å²) in [7, 11) is 0. The smallest absolute Gasteiger partial charge is 0.365 e. The molecule has 11 heteroatoms.